The number of aliphatic carboxylic acids is 1. The lowest BCUT2D eigenvalue weighted by molar-refractivity contribution is -0.150. The minimum absolute atomic E-state index is 0.0609. The zero-order chi connectivity index (χ0) is 41.2. The molecule has 0 saturated heterocycles. The van der Waals surface area contributed by atoms with Crippen LogP contribution in [0, 0.1) is 17.8 Å². The van der Waals surface area contributed by atoms with Gasteiger partial charge in [0.05, 0.1) is 19.0 Å². The zero-order valence-corrected chi connectivity index (χ0v) is 34.7. The monoisotopic (exact) mass is 786 g/mol. The van der Waals surface area contributed by atoms with E-state index in [4.69, 9.17) is 4.74 Å². The number of carboxylic acids is 1. The van der Waals surface area contributed by atoms with Crippen molar-refractivity contribution in [2.75, 3.05) is 33.7 Å². The van der Waals surface area contributed by atoms with E-state index in [2.05, 4.69) is 20.9 Å². The number of thiazole rings is 1. The van der Waals surface area contributed by atoms with Crippen LogP contribution in [0.15, 0.2) is 35.7 Å². The average Bonchev–Trinajstić information content (AvgIpc) is 3.61. The van der Waals surface area contributed by atoms with E-state index < -0.39 is 53.9 Å². The first-order valence-corrected chi connectivity index (χ1v) is 20.1. The molecule has 0 bridgehead atoms. The van der Waals surface area contributed by atoms with Crippen LogP contribution in [0.25, 0.3) is 0 Å². The summed E-state index contributed by atoms with van der Waals surface area (Å²) in [5.74, 6) is -4.38. The quantitative estimate of drug-likeness (QED) is 0.0875. The number of carboxylic acid groups (broad SMARTS) is 1. The molecule has 1 aromatic carbocycles. The number of esters is 1. The molecule has 6 atom stereocenters. The summed E-state index contributed by atoms with van der Waals surface area (Å²) >= 11 is 1.12. The number of carbonyl (C=O) groups excluding carboxylic acids is 5. The van der Waals surface area contributed by atoms with E-state index in [0.717, 1.165) is 29.7 Å². The smallest absolute Gasteiger partial charge is 0.306 e. The van der Waals surface area contributed by atoms with Crippen LogP contribution < -0.4 is 16.0 Å². The number of nitrogens with zero attached hydrogens (tertiary/aromatic N) is 3. The normalized spacial score (nSPS) is 14.6. The molecular formula is C40H62N6O8S. The van der Waals surface area contributed by atoms with Crippen LogP contribution in [0.1, 0.15) is 108 Å². The van der Waals surface area contributed by atoms with Crippen LogP contribution in [0.4, 0.5) is 0 Å². The highest BCUT2D eigenvalue weighted by Crippen LogP contribution is 2.31. The van der Waals surface area contributed by atoms with Gasteiger partial charge in [0.1, 0.15) is 16.7 Å². The molecule has 0 aliphatic rings. The third-order valence-electron chi connectivity index (χ3n) is 9.39. The fourth-order valence-electron chi connectivity index (χ4n) is 6.14. The van der Waals surface area contributed by atoms with Gasteiger partial charge in [-0.05, 0) is 50.8 Å². The first-order chi connectivity index (χ1) is 26.0. The second-order valence-electron chi connectivity index (χ2n) is 14.9. The number of ether oxygens (including phenoxy) is 1. The van der Waals surface area contributed by atoms with Gasteiger partial charge in [-0.2, -0.15) is 0 Å². The molecule has 2 rings (SSSR count). The summed E-state index contributed by atoms with van der Waals surface area (Å²) in [6, 6.07) is 7.37. The number of carbonyl (C=O) groups is 6. The molecular weight excluding hydrogens is 725 g/mol. The van der Waals surface area contributed by atoms with Gasteiger partial charge < -0.3 is 35.6 Å². The molecule has 55 heavy (non-hydrogen) atoms. The fraction of sp³-hybridized carbons (Fsp3) is 0.625. The van der Waals surface area contributed by atoms with Gasteiger partial charge in [0, 0.05) is 37.4 Å². The average molecular weight is 787 g/mol. The second kappa shape index (κ2) is 23.5. The number of nitrogens with one attached hydrogen (secondary N) is 3. The molecule has 0 saturated carbocycles. The van der Waals surface area contributed by atoms with Gasteiger partial charge in [-0.3, -0.25) is 28.8 Å². The van der Waals surface area contributed by atoms with E-state index in [1.807, 2.05) is 65.0 Å². The van der Waals surface area contributed by atoms with Crippen LogP contribution in [0.5, 0.6) is 0 Å². The Balaban J connectivity index is 2.49. The van der Waals surface area contributed by atoms with Crippen molar-refractivity contribution in [1.29, 1.82) is 0 Å². The summed E-state index contributed by atoms with van der Waals surface area (Å²) in [7, 11) is 3.51. The summed E-state index contributed by atoms with van der Waals surface area (Å²) in [6.07, 6.45) is 1.92. The number of hydrogen-bond donors (Lipinski definition) is 4. The Morgan fingerprint density at radius 2 is 1.60 bits per heavy atom. The number of likely N-dealkylation sites (N-methyl/N-ethyl adjacent to an activating group) is 1. The maximum Gasteiger partial charge on any atom is 0.306 e. The predicted molar refractivity (Wildman–Crippen MR) is 212 cm³/mol. The number of amides is 4. The number of hydrogen-bond acceptors (Lipinski definition) is 10. The third-order valence-corrected chi connectivity index (χ3v) is 10.3. The lowest BCUT2D eigenvalue weighted by atomic mass is 9.92. The van der Waals surface area contributed by atoms with E-state index in [-0.39, 0.29) is 55.3 Å². The van der Waals surface area contributed by atoms with Gasteiger partial charge in [-0.1, -0.05) is 84.7 Å². The molecule has 2 aromatic rings. The van der Waals surface area contributed by atoms with Crippen LogP contribution in [-0.2, 0) is 35.1 Å². The molecule has 1 aromatic heterocycles. The Hall–Kier alpha value is -4.37. The molecule has 14 nitrogen and oxygen atoms in total. The number of unbranched alkanes of at least 4 members (excludes halogenated alkanes) is 1. The topological polar surface area (TPSA) is 187 Å². The summed E-state index contributed by atoms with van der Waals surface area (Å²) in [6.45, 7) is 12.7. The predicted octanol–water partition coefficient (Wildman–Crippen LogP) is 4.45. The summed E-state index contributed by atoms with van der Waals surface area (Å²) in [5, 5.41) is 20.2. The van der Waals surface area contributed by atoms with Crippen molar-refractivity contribution in [2.24, 2.45) is 17.8 Å². The minimum Gasteiger partial charge on any atom is -0.481 e. The maximum absolute atomic E-state index is 14.6. The SMILES string of the molecule is CCCCNC(=O)CN(C(=O)C(NC(=O)CN(C)C)C(C)CC)C(CC(OC(C)=O)c1nc(C(=O)NC(Cc2ccccc2)CC(C)C(=O)O)cs1)C(C)C. The molecule has 0 aliphatic heterocycles. The Morgan fingerprint density at radius 3 is 2.16 bits per heavy atom. The van der Waals surface area contributed by atoms with E-state index in [0.29, 0.717) is 24.4 Å². The molecule has 4 amide bonds. The summed E-state index contributed by atoms with van der Waals surface area (Å²) in [5.41, 5.74) is 1.01. The van der Waals surface area contributed by atoms with Gasteiger partial charge in [-0.15, -0.1) is 11.3 Å². The zero-order valence-electron chi connectivity index (χ0n) is 33.9. The van der Waals surface area contributed by atoms with Gasteiger partial charge in [0.25, 0.3) is 5.91 Å². The molecule has 1 heterocycles. The summed E-state index contributed by atoms with van der Waals surface area (Å²) in [4.78, 5) is 86.4. The van der Waals surface area contributed by atoms with Crippen molar-refractivity contribution < 1.29 is 38.6 Å². The first kappa shape index (κ1) is 46.8. The summed E-state index contributed by atoms with van der Waals surface area (Å²) < 4.78 is 5.80. The Kier molecular flexibility index (Phi) is 20.0. The van der Waals surface area contributed by atoms with Crippen LogP contribution in [0.3, 0.4) is 0 Å². The first-order valence-electron chi connectivity index (χ1n) is 19.2. The van der Waals surface area contributed by atoms with E-state index in [9.17, 15) is 33.9 Å². The Labute approximate surface area is 330 Å². The highest BCUT2D eigenvalue weighted by molar-refractivity contribution is 7.09. The lowest BCUT2D eigenvalue weighted by Gasteiger charge is -2.39. The molecule has 0 aliphatic carbocycles. The highest BCUT2D eigenvalue weighted by Gasteiger charge is 2.38. The fourth-order valence-corrected chi connectivity index (χ4v) is 6.98. The van der Waals surface area contributed by atoms with Crippen molar-refractivity contribution in [3.8, 4) is 0 Å². The standard InChI is InChI=1S/C40H62N6O8S/c1-10-12-18-41-34(48)23-46(39(51)36(26(5)11-2)44-35(49)22-45(8)9)32(25(3)4)21-33(54-28(7)47)38-43-31(24-55-38)37(50)42-30(19-27(6)40(52)53)20-29-16-14-13-15-17-29/h13-17,24-27,30,32-33,36H,10-12,18-23H2,1-9H3,(H,41,48)(H,42,50)(H,44,49)(H,52,53). The minimum atomic E-state index is -0.979. The molecule has 0 spiro atoms. The molecule has 0 fully saturated rings. The van der Waals surface area contributed by atoms with Crippen LogP contribution in [-0.4, -0.2) is 107 Å². The van der Waals surface area contributed by atoms with Crippen molar-refractivity contribution >= 4 is 46.9 Å². The molecule has 15 heteroatoms. The lowest BCUT2D eigenvalue weighted by Crippen LogP contribution is -2.58. The van der Waals surface area contributed by atoms with Crippen molar-refractivity contribution in [3.05, 3.63) is 52.0 Å². The second-order valence-corrected chi connectivity index (χ2v) is 15.8. The molecule has 6 unspecified atom stereocenters. The molecule has 4 N–H and O–H groups in total. The largest absolute Gasteiger partial charge is 0.481 e. The van der Waals surface area contributed by atoms with Crippen molar-refractivity contribution in [1.82, 2.24) is 30.7 Å². The highest BCUT2D eigenvalue weighted by atomic mass is 32.1. The van der Waals surface area contributed by atoms with Crippen LogP contribution in [0.2, 0.25) is 0 Å². The third kappa shape index (κ3) is 16.1. The van der Waals surface area contributed by atoms with Gasteiger partial charge >= 0.3 is 11.9 Å². The maximum atomic E-state index is 14.6. The van der Waals surface area contributed by atoms with Crippen molar-refractivity contribution in [2.45, 2.75) is 111 Å². The van der Waals surface area contributed by atoms with E-state index in [1.54, 1.807) is 31.3 Å². The van der Waals surface area contributed by atoms with Crippen molar-refractivity contribution in [3.63, 3.8) is 0 Å². The Bertz CT molecular complexity index is 1550. The van der Waals surface area contributed by atoms with Crippen LogP contribution >= 0.6 is 11.3 Å². The van der Waals surface area contributed by atoms with Gasteiger partial charge in [0.2, 0.25) is 17.7 Å². The molecule has 0 radical (unpaired) electrons. The molecule has 306 valence electrons. The number of benzene rings is 1. The number of rotatable bonds is 24. The van der Waals surface area contributed by atoms with Gasteiger partial charge in [-0.25, -0.2) is 4.98 Å². The van der Waals surface area contributed by atoms with E-state index in [1.165, 1.54) is 11.8 Å². The van der Waals surface area contributed by atoms with Gasteiger partial charge in [0.15, 0.2) is 6.10 Å². The van der Waals surface area contributed by atoms with E-state index >= 15 is 0 Å². The Morgan fingerprint density at radius 1 is 0.927 bits per heavy atom. The number of aromatic nitrogens is 1.